The van der Waals surface area contributed by atoms with Crippen molar-refractivity contribution in [3.05, 3.63) is 47.8 Å². The first-order valence-electron chi connectivity index (χ1n) is 7.54. The quantitative estimate of drug-likeness (QED) is 0.738. The van der Waals surface area contributed by atoms with Crippen molar-refractivity contribution in [2.75, 3.05) is 25.6 Å². The molecule has 1 aromatic heterocycles. The number of ether oxygens (including phenoxy) is 1. The molecule has 4 N–H and O–H groups in total. The molecule has 7 nitrogen and oxygen atoms in total. The molecule has 3 rings (SSSR count). The predicted octanol–water partition coefficient (Wildman–Crippen LogP) is 1.83. The molecular formula is C17H20N6O. The van der Waals surface area contributed by atoms with Gasteiger partial charge in [0.2, 0.25) is 11.9 Å². The summed E-state index contributed by atoms with van der Waals surface area (Å²) in [6.45, 7) is 1.30. The summed E-state index contributed by atoms with van der Waals surface area (Å²) in [5.41, 5.74) is 12.4. The number of hydrogen-bond donors (Lipinski definition) is 2. The summed E-state index contributed by atoms with van der Waals surface area (Å²) < 4.78 is 5.26. The summed E-state index contributed by atoms with van der Waals surface area (Å²) in [6, 6.07) is 12.4. The number of nitrogens with two attached hydrogens (primary N) is 2. The van der Waals surface area contributed by atoms with Gasteiger partial charge in [0.25, 0.3) is 0 Å². The van der Waals surface area contributed by atoms with Gasteiger partial charge in [-0.2, -0.15) is 15.0 Å². The van der Waals surface area contributed by atoms with Gasteiger partial charge in [0.15, 0.2) is 0 Å². The van der Waals surface area contributed by atoms with Crippen LogP contribution in [-0.4, -0.2) is 34.0 Å². The highest BCUT2D eigenvalue weighted by Crippen LogP contribution is 2.22. The molecule has 0 amide bonds. The summed E-state index contributed by atoms with van der Waals surface area (Å²) in [5.74, 6) is 1.71. The number of methoxy groups -OCH3 is 1. The summed E-state index contributed by atoms with van der Waals surface area (Å²) in [7, 11) is 3.67. The fourth-order valence-corrected chi connectivity index (χ4v) is 2.64. The zero-order chi connectivity index (χ0) is 17.1. The zero-order valence-corrected chi connectivity index (χ0v) is 13.7. The van der Waals surface area contributed by atoms with E-state index in [1.54, 1.807) is 7.11 Å². The SMILES string of the molecule is COc1ccc2cc(CN(C)Cc3nc(N)nc(N)n3)ccc2c1. The van der Waals surface area contributed by atoms with Crippen molar-refractivity contribution in [2.24, 2.45) is 0 Å². The minimum Gasteiger partial charge on any atom is -0.497 e. The van der Waals surface area contributed by atoms with Gasteiger partial charge in [0, 0.05) is 6.54 Å². The van der Waals surface area contributed by atoms with Gasteiger partial charge in [0.1, 0.15) is 11.6 Å². The van der Waals surface area contributed by atoms with E-state index in [-0.39, 0.29) is 11.9 Å². The fraction of sp³-hybridized carbons (Fsp3) is 0.235. The molecule has 0 radical (unpaired) electrons. The van der Waals surface area contributed by atoms with E-state index >= 15 is 0 Å². The lowest BCUT2D eigenvalue weighted by molar-refractivity contribution is 0.311. The Bertz CT molecular complexity index is 847. The second-order valence-electron chi connectivity index (χ2n) is 5.69. The summed E-state index contributed by atoms with van der Waals surface area (Å²) in [4.78, 5) is 14.1. The van der Waals surface area contributed by atoms with Gasteiger partial charge in [-0.1, -0.05) is 18.2 Å². The Balaban J connectivity index is 1.73. The molecule has 0 fully saturated rings. The Hall–Kier alpha value is -2.93. The van der Waals surface area contributed by atoms with Crippen LogP contribution >= 0.6 is 0 Å². The van der Waals surface area contributed by atoms with Crippen molar-refractivity contribution in [1.82, 2.24) is 19.9 Å². The molecule has 0 aliphatic heterocycles. The number of nitrogen functional groups attached to an aromatic ring is 2. The first kappa shape index (κ1) is 15.9. The summed E-state index contributed by atoms with van der Waals surface area (Å²) in [5, 5.41) is 2.33. The van der Waals surface area contributed by atoms with Crippen molar-refractivity contribution >= 4 is 22.7 Å². The Labute approximate surface area is 140 Å². The van der Waals surface area contributed by atoms with E-state index in [1.165, 1.54) is 10.9 Å². The van der Waals surface area contributed by atoms with Gasteiger partial charge < -0.3 is 16.2 Å². The lowest BCUT2D eigenvalue weighted by atomic mass is 10.1. The van der Waals surface area contributed by atoms with Crippen LogP contribution in [0.2, 0.25) is 0 Å². The van der Waals surface area contributed by atoms with Crippen LogP contribution in [-0.2, 0) is 13.1 Å². The third-order valence-corrected chi connectivity index (χ3v) is 3.69. The average Bonchev–Trinajstić information content (AvgIpc) is 2.53. The predicted molar refractivity (Wildman–Crippen MR) is 94.3 cm³/mol. The second kappa shape index (κ2) is 6.67. The molecule has 0 bridgehead atoms. The summed E-state index contributed by atoms with van der Waals surface area (Å²) in [6.07, 6.45) is 0. The molecule has 3 aromatic rings. The number of aromatic nitrogens is 3. The van der Waals surface area contributed by atoms with Crippen LogP contribution in [0.4, 0.5) is 11.9 Å². The van der Waals surface area contributed by atoms with Crippen LogP contribution < -0.4 is 16.2 Å². The van der Waals surface area contributed by atoms with E-state index in [2.05, 4.69) is 44.1 Å². The van der Waals surface area contributed by atoms with Crippen LogP contribution in [0, 0.1) is 0 Å². The van der Waals surface area contributed by atoms with Crippen molar-refractivity contribution in [3.63, 3.8) is 0 Å². The maximum Gasteiger partial charge on any atom is 0.225 e. The lowest BCUT2D eigenvalue weighted by Crippen LogP contribution is -2.20. The molecule has 0 aliphatic rings. The van der Waals surface area contributed by atoms with Crippen LogP contribution in [0.25, 0.3) is 10.8 Å². The third kappa shape index (κ3) is 3.69. The number of hydrogen-bond acceptors (Lipinski definition) is 7. The highest BCUT2D eigenvalue weighted by atomic mass is 16.5. The van der Waals surface area contributed by atoms with Crippen LogP contribution in [0.5, 0.6) is 5.75 Å². The summed E-state index contributed by atoms with van der Waals surface area (Å²) >= 11 is 0. The third-order valence-electron chi connectivity index (χ3n) is 3.69. The Morgan fingerprint density at radius 2 is 1.58 bits per heavy atom. The van der Waals surface area contributed by atoms with Gasteiger partial charge >= 0.3 is 0 Å². The molecule has 0 atom stereocenters. The Kier molecular flexibility index (Phi) is 4.43. The van der Waals surface area contributed by atoms with Crippen LogP contribution in [0.3, 0.4) is 0 Å². The number of anilines is 2. The van der Waals surface area contributed by atoms with Gasteiger partial charge in [-0.3, -0.25) is 4.90 Å². The zero-order valence-electron chi connectivity index (χ0n) is 13.7. The van der Waals surface area contributed by atoms with E-state index in [4.69, 9.17) is 16.2 Å². The van der Waals surface area contributed by atoms with Crippen molar-refractivity contribution in [2.45, 2.75) is 13.1 Å². The van der Waals surface area contributed by atoms with Crippen molar-refractivity contribution < 1.29 is 4.74 Å². The molecular weight excluding hydrogens is 304 g/mol. The highest BCUT2D eigenvalue weighted by Gasteiger charge is 2.07. The molecule has 1 heterocycles. The molecule has 124 valence electrons. The van der Waals surface area contributed by atoms with Gasteiger partial charge in [-0.05, 0) is 41.6 Å². The van der Waals surface area contributed by atoms with E-state index in [9.17, 15) is 0 Å². The van der Waals surface area contributed by atoms with Crippen molar-refractivity contribution in [1.29, 1.82) is 0 Å². The number of benzene rings is 2. The van der Waals surface area contributed by atoms with E-state index in [0.29, 0.717) is 12.4 Å². The van der Waals surface area contributed by atoms with Crippen LogP contribution in [0.15, 0.2) is 36.4 Å². The van der Waals surface area contributed by atoms with Gasteiger partial charge in [0.05, 0.1) is 13.7 Å². The molecule has 7 heteroatoms. The van der Waals surface area contributed by atoms with Crippen LogP contribution in [0.1, 0.15) is 11.4 Å². The smallest absolute Gasteiger partial charge is 0.225 e. The lowest BCUT2D eigenvalue weighted by Gasteiger charge is -2.16. The average molecular weight is 324 g/mol. The molecule has 0 saturated carbocycles. The monoisotopic (exact) mass is 324 g/mol. The standard InChI is InChI=1S/C17H20N6O/c1-23(10-15-20-16(18)22-17(19)21-15)9-11-3-4-13-8-14(24-2)6-5-12(13)7-11/h3-8H,9-10H2,1-2H3,(H4,18,19,20,21,22). The number of fused-ring (bicyclic) bond motifs is 1. The van der Waals surface area contributed by atoms with E-state index < -0.39 is 0 Å². The maximum atomic E-state index is 5.60. The largest absolute Gasteiger partial charge is 0.497 e. The highest BCUT2D eigenvalue weighted by molar-refractivity contribution is 5.84. The molecule has 2 aromatic carbocycles. The Morgan fingerprint density at radius 1 is 0.917 bits per heavy atom. The maximum absolute atomic E-state index is 5.60. The number of nitrogens with zero attached hydrogens (tertiary/aromatic N) is 4. The minimum atomic E-state index is 0.144. The fourth-order valence-electron chi connectivity index (χ4n) is 2.64. The first-order valence-corrected chi connectivity index (χ1v) is 7.54. The number of rotatable bonds is 5. The molecule has 0 saturated heterocycles. The normalized spacial score (nSPS) is 11.1. The second-order valence-corrected chi connectivity index (χ2v) is 5.69. The topological polar surface area (TPSA) is 103 Å². The van der Waals surface area contributed by atoms with E-state index in [1.807, 2.05) is 19.2 Å². The molecule has 0 unspecified atom stereocenters. The Morgan fingerprint density at radius 3 is 2.29 bits per heavy atom. The first-order chi connectivity index (χ1) is 11.5. The molecule has 0 spiro atoms. The van der Waals surface area contributed by atoms with Crippen molar-refractivity contribution in [3.8, 4) is 5.75 Å². The molecule has 24 heavy (non-hydrogen) atoms. The van der Waals surface area contributed by atoms with Gasteiger partial charge in [-0.15, -0.1) is 0 Å². The van der Waals surface area contributed by atoms with E-state index in [0.717, 1.165) is 17.7 Å². The molecule has 0 aliphatic carbocycles. The van der Waals surface area contributed by atoms with Gasteiger partial charge in [-0.25, -0.2) is 0 Å². The minimum absolute atomic E-state index is 0.144.